The molecule has 0 radical (unpaired) electrons. The van der Waals surface area contributed by atoms with Gasteiger partial charge in [-0.15, -0.1) is 11.8 Å². The van der Waals surface area contributed by atoms with Crippen LogP contribution in [-0.4, -0.2) is 17.2 Å². The van der Waals surface area contributed by atoms with Crippen LogP contribution in [0.15, 0.2) is 0 Å². The van der Waals surface area contributed by atoms with E-state index in [1.807, 2.05) is 0 Å². The summed E-state index contributed by atoms with van der Waals surface area (Å²) in [5.74, 6) is 0.974. The van der Waals surface area contributed by atoms with Gasteiger partial charge < -0.3 is 5.32 Å². The monoisotopic (exact) mass is 199 g/mol. The predicted octanol–water partition coefficient (Wildman–Crippen LogP) is 3.01. The fourth-order valence-corrected chi connectivity index (χ4v) is 3.97. The van der Waals surface area contributed by atoms with E-state index in [9.17, 15) is 0 Å². The van der Waals surface area contributed by atoms with Crippen LogP contribution in [0.2, 0.25) is 0 Å². The summed E-state index contributed by atoms with van der Waals surface area (Å²) in [4.78, 5) is 0. The highest BCUT2D eigenvalue weighted by Crippen LogP contribution is 2.35. The molecule has 0 aromatic carbocycles. The minimum absolute atomic E-state index is 0.782. The van der Waals surface area contributed by atoms with Crippen LogP contribution in [-0.2, 0) is 0 Å². The van der Waals surface area contributed by atoms with E-state index >= 15 is 0 Å². The van der Waals surface area contributed by atoms with Crippen molar-refractivity contribution >= 4 is 11.8 Å². The maximum atomic E-state index is 3.68. The Bertz CT molecular complexity index is 154. The predicted molar refractivity (Wildman–Crippen MR) is 60.0 cm³/mol. The number of thioether (sulfide) groups is 1. The van der Waals surface area contributed by atoms with Crippen LogP contribution >= 0.6 is 11.8 Å². The molecule has 76 valence electrons. The fraction of sp³-hybridized carbons (Fsp3) is 1.00. The molecule has 1 saturated carbocycles. The third-order valence-electron chi connectivity index (χ3n) is 3.35. The summed E-state index contributed by atoms with van der Waals surface area (Å²) in [5, 5.41) is 5.35. The van der Waals surface area contributed by atoms with E-state index in [4.69, 9.17) is 0 Å². The molecule has 0 amide bonds. The van der Waals surface area contributed by atoms with E-state index in [0.29, 0.717) is 0 Å². The first-order chi connectivity index (χ1) is 6.36. The van der Waals surface area contributed by atoms with Gasteiger partial charge in [0.25, 0.3) is 0 Å². The van der Waals surface area contributed by atoms with Crippen molar-refractivity contribution < 1.29 is 0 Å². The molecule has 0 spiro atoms. The number of rotatable bonds is 1. The first kappa shape index (κ1) is 9.85. The first-order valence-electron chi connectivity index (χ1n) is 5.75. The van der Waals surface area contributed by atoms with Gasteiger partial charge in [0.1, 0.15) is 0 Å². The van der Waals surface area contributed by atoms with E-state index in [0.717, 1.165) is 16.5 Å². The lowest BCUT2D eigenvalue weighted by Crippen LogP contribution is -2.40. The first-order valence-corrected chi connectivity index (χ1v) is 6.69. The molecule has 2 heteroatoms. The second kappa shape index (κ2) is 4.70. The SMILES string of the molecule is CC1CCNC(C2CCCCC2)S1. The van der Waals surface area contributed by atoms with Gasteiger partial charge in [0.15, 0.2) is 0 Å². The van der Waals surface area contributed by atoms with Crippen molar-refractivity contribution in [2.45, 2.75) is 56.1 Å². The summed E-state index contributed by atoms with van der Waals surface area (Å²) in [7, 11) is 0. The molecule has 13 heavy (non-hydrogen) atoms. The van der Waals surface area contributed by atoms with Crippen molar-refractivity contribution in [1.29, 1.82) is 0 Å². The smallest absolute Gasteiger partial charge is 0.0563 e. The van der Waals surface area contributed by atoms with Gasteiger partial charge in [0.05, 0.1) is 5.37 Å². The Labute approximate surface area is 86.0 Å². The normalized spacial score (nSPS) is 37.6. The van der Waals surface area contributed by atoms with Crippen molar-refractivity contribution in [2.24, 2.45) is 5.92 Å². The maximum absolute atomic E-state index is 3.68. The highest BCUT2D eigenvalue weighted by Gasteiger charge is 2.27. The largest absolute Gasteiger partial charge is 0.305 e. The van der Waals surface area contributed by atoms with Gasteiger partial charge >= 0.3 is 0 Å². The van der Waals surface area contributed by atoms with Crippen LogP contribution in [0.25, 0.3) is 0 Å². The molecule has 0 aromatic heterocycles. The molecule has 1 aliphatic heterocycles. The molecule has 1 nitrogen and oxygen atoms in total. The van der Waals surface area contributed by atoms with Gasteiger partial charge in [0, 0.05) is 5.25 Å². The second-order valence-electron chi connectivity index (χ2n) is 4.51. The van der Waals surface area contributed by atoms with Crippen LogP contribution in [0.3, 0.4) is 0 Å². The van der Waals surface area contributed by atoms with Gasteiger partial charge in [0.2, 0.25) is 0 Å². The zero-order valence-electron chi connectivity index (χ0n) is 8.59. The third-order valence-corrected chi connectivity index (χ3v) is 4.90. The van der Waals surface area contributed by atoms with Gasteiger partial charge in [-0.3, -0.25) is 0 Å². The minimum atomic E-state index is 0.782. The average molecular weight is 199 g/mol. The van der Waals surface area contributed by atoms with Crippen molar-refractivity contribution in [2.75, 3.05) is 6.54 Å². The van der Waals surface area contributed by atoms with Crippen molar-refractivity contribution in [3.05, 3.63) is 0 Å². The van der Waals surface area contributed by atoms with Crippen LogP contribution in [0.1, 0.15) is 45.4 Å². The van der Waals surface area contributed by atoms with Crippen LogP contribution < -0.4 is 5.32 Å². The third kappa shape index (κ3) is 2.63. The quantitative estimate of drug-likeness (QED) is 0.697. The number of hydrogen-bond donors (Lipinski definition) is 1. The number of hydrogen-bond acceptors (Lipinski definition) is 2. The Kier molecular flexibility index (Phi) is 3.56. The minimum Gasteiger partial charge on any atom is -0.305 e. The second-order valence-corrected chi connectivity index (χ2v) is 6.09. The summed E-state index contributed by atoms with van der Waals surface area (Å²) in [6.07, 6.45) is 8.71. The summed E-state index contributed by atoms with van der Waals surface area (Å²) in [6, 6.07) is 0. The van der Waals surface area contributed by atoms with E-state index < -0.39 is 0 Å². The molecule has 2 rings (SSSR count). The van der Waals surface area contributed by atoms with Gasteiger partial charge in [-0.05, 0) is 31.7 Å². The van der Waals surface area contributed by atoms with Crippen LogP contribution in [0, 0.1) is 5.92 Å². The lowest BCUT2D eigenvalue weighted by atomic mass is 9.89. The molecule has 2 unspecified atom stereocenters. The fourth-order valence-electron chi connectivity index (χ4n) is 2.51. The zero-order valence-corrected chi connectivity index (χ0v) is 9.41. The van der Waals surface area contributed by atoms with E-state index in [-0.39, 0.29) is 0 Å². The highest BCUT2D eigenvalue weighted by atomic mass is 32.2. The highest BCUT2D eigenvalue weighted by molar-refractivity contribution is 8.00. The van der Waals surface area contributed by atoms with Crippen molar-refractivity contribution in [1.82, 2.24) is 5.32 Å². The molecule has 1 heterocycles. The maximum Gasteiger partial charge on any atom is 0.0563 e. The zero-order chi connectivity index (χ0) is 9.10. The molecule has 2 fully saturated rings. The molecular weight excluding hydrogens is 178 g/mol. The van der Waals surface area contributed by atoms with Crippen molar-refractivity contribution in [3.63, 3.8) is 0 Å². The van der Waals surface area contributed by atoms with Crippen LogP contribution in [0.5, 0.6) is 0 Å². The van der Waals surface area contributed by atoms with Gasteiger partial charge in [-0.1, -0.05) is 26.2 Å². The average Bonchev–Trinajstić information content (AvgIpc) is 2.19. The van der Waals surface area contributed by atoms with Gasteiger partial charge in [-0.2, -0.15) is 0 Å². The Morgan fingerprint density at radius 3 is 2.54 bits per heavy atom. The lowest BCUT2D eigenvalue weighted by molar-refractivity contribution is 0.318. The van der Waals surface area contributed by atoms with Crippen LogP contribution in [0.4, 0.5) is 0 Å². The van der Waals surface area contributed by atoms with E-state index in [2.05, 4.69) is 24.0 Å². The molecule has 1 saturated heterocycles. The molecular formula is C11H21NS. The standard InChI is InChI=1S/C11H21NS/c1-9-7-8-12-11(13-9)10-5-3-2-4-6-10/h9-12H,2-8H2,1H3. The Hall–Kier alpha value is 0.310. The Balaban J connectivity index is 1.83. The molecule has 1 N–H and O–H groups in total. The van der Waals surface area contributed by atoms with Crippen molar-refractivity contribution in [3.8, 4) is 0 Å². The topological polar surface area (TPSA) is 12.0 Å². The van der Waals surface area contributed by atoms with E-state index in [1.165, 1.54) is 45.1 Å². The molecule has 2 aliphatic rings. The van der Waals surface area contributed by atoms with E-state index in [1.54, 1.807) is 0 Å². The summed E-state index contributed by atoms with van der Waals surface area (Å²) < 4.78 is 0. The summed E-state index contributed by atoms with van der Waals surface area (Å²) >= 11 is 2.18. The summed E-state index contributed by atoms with van der Waals surface area (Å²) in [5.41, 5.74) is 0. The van der Waals surface area contributed by atoms with Gasteiger partial charge in [-0.25, -0.2) is 0 Å². The Morgan fingerprint density at radius 2 is 1.85 bits per heavy atom. The number of nitrogens with one attached hydrogen (secondary N) is 1. The molecule has 2 atom stereocenters. The molecule has 1 aliphatic carbocycles. The molecule has 0 bridgehead atoms. The summed E-state index contributed by atoms with van der Waals surface area (Å²) in [6.45, 7) is 3.62. The Morgan fingerprint density at radius 1 is 1.08 bits per heavy atom. The lowest BCUT2D eigenvalue weighted by Gasteiger charge is -2.35. The molecule has 0 aromatic rings.